The molecule has 0 spiro atoms. The number of aromatic nitrogens is 1. The molecular formula is C22H34N2S. The molecule has 2 aromatic rings. The van der Waals surface area contributed by atoms with Gasteiger partial charge in [-0.25, -0.2) is 4.98 Å². The van der Waals surface area contributed by atoms with Crippen LogP contribution in [0.2, 0.25) is 0 Å². The summed E-state index contributed by atoms with van der Waals surface area (Å²) in [5, 5.41) is 1.36. The smallest absolute Gasteiger partial charge is 0.0973 e. The van der Waals surface area contributed by atoms with Gasteiger partial charge in [0.15, 0.2) is 0 Å². The lowest BCUT2D eigenvalue weighted by atomic mass is 9.87. The van der Waals surface area contributed by atoms with Crippen LogP contribution in [0.5, 0.6) is 0 Å². The summed E-state index contributed by atoms with van der Waals surface area (Å²) in [6.45, 7) is 11.8. The summed E-state index contributed by atoms with van der Waals surface area (Å²) in [5.74, 6) is 2.81. The Morgan fingerprint density at radius 1 is 1.28 bits per heavy atom. The van der Waals surface area contributed by atoms with Gasteiger partial charge < -0.3 is 4.90 Å². The van der Waals surface area contributed by atoms with Crippen molar-refractivity contribution in [3.05, 3.63) is 28.8 Å². The van der Waals surface area contributed by atoms with E-state index in [2.05, 4.69) is 57.8 Å². The van der Waals surface area contributed by atoms with Crippen LogP contribution in [-0.2, 0) is 0 Å². The first kappa shape index (κ1) is 18.8. The average Bonchev–Trinajstić information content (AvgIpc) is 3.01. The van der Waals surface area contributed by atoms with E-state index in [1.165, 1.54) is 59.6 Å². The van der Waals surface area contributed by atoms with Crippen LogP contribution in [0.25, 0.3) is 10.2 Å². The monoisotopic (exact) mass is 358 g/mol. The van der Waals surface area contributed by atoms with Gasteiger partial charge in [-0.05, 0) is 61.9 Å². The lowest BCUT2D eigenvalue weighted by Gasteiger charge is -2.33. The lowest BCUT2D eigenvalue weighted by molar-refractivity contribution is 0.195. The second-order valence-electron chi connectivity index (χ2n) is 8.41. The Morgan fingerprint density at radius 2 is 2.08 bits per heavy atom. The van der Waals surface area contributed by atoms with Gasteiger partial charge in [-0.1, -0.05) is 46.6 Å². The molecule has 1 aromatic carbocycles. The molecule has 1 aliphatic rings. The first-order chi connectivity index (χ1) is 12.0. The Hall–Kier alpha value is -0.930. The van der Waals surface area contributed by atoms with Gasteiger partial charge in [0.1, 0.15) is 0 Å². The molecule has 3 heteroatoms. The van der Waals surface area contributed by atoms with Gasteiger partial charge in [-0.3, -0.25) is 0 Å². The van der Waals surface area contributed by atoms with Crippen LogP contribution < -0.4 is 0 Å². The number of hydrogen-bond acceptors (Lipinski definition) is 3. The highest BCUT2D eigenvalue weighted by atomic mass is 32.1. The average molecular weight is 359 g/mol. The minimum absolute atomic E-state index is 0.630. The first-order valence-electron chi connectivity index (χ1n) is 10.1. The summed E-state index contributed by atoms with van der Waals surface area (Å²) in [4.78, 5) is 7.52. The van der Waals surface area contributed by atoms with Gasteiger partial charge in [0.2, 0.25) is 0 Å². The van der Waals surface area contributed by atoms with Gasteiger partial charge in [0, 0.05) is 12.5 Å². The van der Waals surface area contributed by atoms with Crippen LogP contribution in [0.1, 0.15) is 75.8 Å². The third kappa shape index (κ3) is 4.43. The normalized spacial score (nSPS) is 24.5. The Bertz CT molecular complexity index is 692. The van der Waals surface area contributed by atoms with Crippen molar-refractivity contribution in [1.82, 2.24) is 9.88 Å². The topological polar surface area (TPSA) is 16.1 Å². The Labute approximate surface area is 157 Å². The molecule has 0 radical (unpaired) electrons. The van der Waals surface area contributed by atoms with Crippen molar-refractivity contribution in [2.45, 2.75) is 65.2 Å². The zero-order chi connectivity index (χ0) is 18.0. The van der Waals surface area contributed by atoms with E-state index < -0.39 is 0 Å². The molecule has 1 aliphatic heterocycles. The molecule has 0 saturated carbocycles. The SMILES string of the molecule is CC[C@@H](C)CC[C@@H](C)c1ccc2sc(C3CCN(C)C[C@H]3C)nc2c1. The highest BCUT2D eigenvalue weighted by molar-refractivity contribution is 7.18. The molecule has 0 bridgehead atoms. The van der Waals surface area contributed by atoms with Crippen molar-refractivity contribution in [1.29, 1.82) is 0 Å². The van der Waals surface area contributed by atoms with E-state index in [4.69, 9.17) is 4.98 Å². The highest BCUT2D eigenvalue weighted by Crippen LogP contribution is 2.37. The van der Waals surface area contributed by atoms with E-state index in [0.29, 0.717) is 17.8 Å². The molecule has 1 fully saturated rings. The van der Waals surface area contributed by atoms with Gasteiger partial charge >= 0.3 is 0 Å². The summed E-state index contributed by atoms with van der Waals surface area (Å²) >= 11 is 1.92. The number of benzene rings is 1. The zero-order valence-corrected chi connectivity index (χ0v) is 17.4. The molecule has 1 aromatic heterocycles. The number of thiazole rings is 1. The second kappa shape index (κ2) is 8.18. The Kier molecular flexibility index (Phi) is 6.17. The predicted molar refractivity (Wildman–Crippen MR) is 111 cm³/mol. The first-order valence-corrected chi connectivity index (χ1v) is 10.9. The number of fused-ring (bicyclic) bond motifs is 1. The standard InChI is InChI=1S/C22H34N2S/c1-6-15(2)7-8-16(3)18-9-10-21-20(13-18)23-22(25-21)19-11-12-24(5)14-17(19)4/h9-10,13,15-17,19H,6-8,11-12,14H2,1-5H3/t15-,16-,17-,19?/m1/s1. The third-order valence-corrected chi connectivity index (χ3v) is 7.38. The summed E-state index contributed by atoms with van der Waals surface area (Å²) in [6.07, 6.45) is 5.14. The summed E-state index contributed by atoms with van der Waals surface area (Å²) < 4.78 is 1.36. The molecule has 3 rings (SSSR count). The molecule has 4 atom stereocenters. The molecular weight excluding hydrogens is 324 g/mol. The Balaban J connectivity index is 1.75. The van der Waals surface area contributed by atoms with Gasteiger partial charge in [-0.2, -0.15) is 0 Å². The van der Waals surface area contributed by atoms with E-state index in [1.54, 1.807) is 0 Å². The minimum Gasteiger partial charge on any atom is -0.306 e. The van der Waals surface area contributed by atoms with E-state index in [1.807, 2.05) is 11.3 Å². The van der Waals surface area contributed by atoms with Crippen LogP contribution in [-0.4, -0.2) is 30.0 Å². The number of nitrogens with zero attached hydrogens (tertiary/aromatic N) is 2. The number of piperidine rings is 1. The van der Waals surface area contributed by atoms with Crippen molar-refractivity contribution in [3.63, 3.8) is 0 Å². The van der Waals surface area contributed by atoms with Crippen molar-refractivity contribution in [2.24, 2.45) is 11.8 Å². The summed E-state index contributed by atoms with van der Waals surface area (Å²) in [6, 6.07) is 7.01. The van der Waals surface area contributed by atoms with Crippen molar-refractivity contribution < 1.29 is 0 Å². The van der Waals surface area contributed by atoms with Gasteiger partial charge in [-0.15, -0.1) is 11.3 Å². The molecule has 2 heterocycles. The van der Waals surface area contributed by atoms with Gasteiger partial charge in [0.05, 0.1) is 15.2 Å². The molecule has 0 N–H and O–H groups in total. The molecule has 0 aliphatic carbocycles. The second-order valence-corrected chi connectivity index (χ2v) is 9.47. The minimum atomic E-state index is 0.630. The van der Waals surface area contributed by atoms with Crippen molar-refractivity contribution >= 4 is 21.6 Å². The molecule has 1 saturated heterocycles. The fourth-order valence-electron chi connectivity index (χ4n) is 4.05. The van der Waals surface area contributed by atoms with Crippen LogP contribution in [0.15, 0.2) is 18.2 Å². The molecule has 2 nitrogen and oxygen atoms in total. The van der Waals surface area contributed by atoms with Crippen LogP contribution in [0, 0.1) is 11.8 Å². The molecule has 138 valence electrons. The Morgan fingerprint density at radius 3 is 2.80 bits per heavy atom. The quantitative estimate of drug-likeness (QED) is 0.604. The number of hydrogen-bond donors (Lipinski definition) is 0. The maximum Gasteiger partial charge on any atom is 0.0973 e. The van der Waals surface area contributed by atoms with Crippen LogP contribution in [0.4, 0.5) is 0 Å². The number of likely N-dealkylation sites (tertiary alicyclic amines) is 1. The van der Waals surface area contributed by atoms with E-state index in [9.17, 15) is 0 Å². The third-order valence-electron chi connectivity index (χ3n) is 6.21. The van der Waals surface area contributed by atoms with Crippen molar-refractivity contribution in [2.75, 3.05) is 20.1 Å². The molecule has 25 heavy (non-hydrogen) atoms. The predicted octanol–water partition coefficient (Wildman–Crippen LogP) is 6.28. The maximum absolute atomic E-state index is 5.07. The largest absolute Gasteiger partial charge is 0.306 e. The molecule has 0 amide bonds. The lowest BCUT2D eigenvalue weighted by Crippen LogP contribution is -2.35. The van der Waals surface area contributed by atoms with E-state index in [-0.39, 0.29) is 0 Å². The maximum atomic E-state index is 5.07. The van der Waals surface area contributed by atoms with E-state index >= 15 is 0 Å². The van der Waals surface area contributed by atoms with Crippen LogP contribution in [0.3, 0.4) is 0 Å². The highest BCUT2D eigenvalue weighted by Gasteiger charge is 2.28. The molecule has 1 unspecified atom stereocenters. The van der Waals surface area contributed by atoms with Crippen molar-refractivity contribution in [3.8, 4) is 0 Å². The zero-order valence-electron chi connectivity index (χ0n) is 16.6. The number of rotatable bonds is 6. The van der Waals surface area contributed by atoms with Crippen LogP contribution >= 0.6 is 11.3 Å². The van der Waals surface area contributed by atoms with Gasteiger partial charge in [0.25, 0.3) is 0 Å². The summed E-state index contributed by atoms with van der Waals surface area (Å²) in [5.41, 5.74) is 2.68. The summed E-state index contributed by atoms with van der Waals surface area (Å²) in [7, 11) is 2.23. The fraction of sp³-hybridized carbons (Fsp3) is 0.682. The fourth-order valence-corrected chi connectivity index (χ4v) is 5.27. The van der Waals surface area contributed by atoms with E-state index in [0.717, 1.165) is 5.92 Å².